The van der Waals surface area contributed by atoms with Crippen LogP contribution in [0.15, 0.2) is 54.6 Å². The van der Waals surface area contributed by atoms with Crippen molar-refractivity contribution in [2.45, 2.75) is 19.3 Å². The van der Waals surface area contributed by atoms with Gasteiger partial charge in [-0.3, -0.25) is 9.59 Å². The minimum absolute atomic E-state index is 0.0222. The van der Waals surface area contributed by atoms with Gasteiger partial charge in [0.1, 0.15) is 11.2 Å². The maximum atomic E-state index is 12.5. The first-order valence-electron chi connectivity index (χ1n) is 7.78. The summed E-state index contributed by atoms with van der Waals surface area (Å²) in [5.74, 6) is -0.871. The van der Waals surface area contributed by atoms with Crippen LogP contribution in [0.1, 0.15) is 29.8 Å². The van der Waals surface area contributed by atoms with Crippen molar-refractivity contribution in [2.75, 3.05) is 13.2 Å². The lowest BCUT2D eigenvalue weighted by molar-refractivity contribution is -0.142. The van der Waals surface area contributed by atoms with Gasteiger partial charge in [-0.25, -0.2) is 0 Å². The zero-order valence-corrected chi connectivity index (χ0v) is 13.8. The number of aliphatic carboxylic acids is 1. The monoisotopic (exact) mass is 327 g/mol. The van der Waals surface area contributed by atoms with Gasteiger partial charge in [-0.1, -0.05) is 42.5 Å². The van der Waals surface area contributed by atoms with Crippen molar-refractivity contribution in [1.29, 1.82) is 0 Å². The summed E-state index contributed by atoms with van der Waals surface area (Å²) in [4.78, 5) is 24.2. The van der Waals surface area contributed by atoms with Crippen LogP contribution >= 0.6 is 0 Å². The van der Waals surface area contributed by atoms with Crippen molar-refractivity contribution in [3.8, 4) is 5.75 Å². The molecule has 0 fully saturated rings. The van der Waals surface area contributed by atoms with Crippen LogP contribution in [0.25, 0.3) is 0 Å². The normalized spacial score (nSPS) is 12.9. The van der Waals surface area contributed by atoms with Gasteiger partial charge < -0.3 is 15.2 Å². The van der Waals surface area contributed by atoms with Crippen LogP contribution in [0.5, 0.6) is 5.75 Å². The number of ether oxygens (including phenoxy) is 1. The van der Waals surface area contributed by atoms with E-state index in [-0.39, 0.29) is 12.5 Å². The largest absolute Gasteiger partial charge is 0.493 e. The Bertz CT molecular complexity index is 714. The molecule has 2 rings (SSSR count). The first kappa shape index (κ1) is 17.5. The van der Waals surface area contributed by atoms with Crippen molar-refractivity contribution >= 4 is 11.9 Å². The molecular weight excluding hydrogens is 306 g/mol. The topological polar surface area (TPSA) is 75.6 Å². The number of hydrogen-bond acceptors (Lipinski definition) is 3. The summed E-state index contributed by atoms with van der Waals surface area (Å²) >= 11 is 0. The number of hydrogen-bond donors (Lipinski definition) is 2. The van der Waals surface area contributed by atoms with Crippen LogP contribution in [-0.2, 0) is 10.2 Å². The van der Waals surface area contributed by atoms with Crippen molar-refractivity contribution in [3.05, 3.63) is 65.7 Å². The number of nitrogens with one attached hydrogen (secondary N) is 1. The number of rotatable bonds is 7. The quantitative estimate of drug-likeness (QED) is 0.820. The molecule has 0 spiro atoms. The Labute approximate surface area is 141 Å². The summed E-state index contributed by atoms with van der Waals surface area (Å²) in [5.41, 5.74) is -0.187. The van der Waals surface area contributed by atoms with Gasteiger partial charge in [0.25, 0.3) is 5.91 Å². The summed E-state index contributed by atoms with van der Waals surface area (Å²) in [6, 6.07) is 15.8. The SMILES string of the molecule is CCOc1ccccc1C(=O)NCC(C)(C(=O)O)c1ccccc1. The Morgan fingerprint density at radius 3 is 2.33 bits per heavy atom. The highest BCUT2D eigenvalue weighted by atomic mass is 16.5. The molecular formula is C19H21NO4. The Balaban J connectivity index is 2.19. The minimum atomic E-state index is -1.21. The molecule has 0 aliphatic rings. The summed E-state index contributed by atoms with van der Waals surface area (Å²) < 4.78 is 5.45. The smallest absolute Gasteiger partial charge is 0.315 e. The van der Waals surface area contributed by atoms with E-state index in [9.17, 15) is 14.7 Å². The number of carboxylic acids is 1. The molecule has 5 nitrogen and oxygen atoms in total. The van der Waals surface area contributed by atoms with E-state index in [0.717, 1.165) is 0 Å². The number of benzene rings is 2. The van der Waals surface area contributed by atoms with Crippen molar-refractivity contribution in [2.24, 2.45) is 0 Å². The number of carbonyl (C=O) groups is 2. The fourth-order valence-corrected chi connectivity index (χ4v) is 2.40. The maximum absolute atomic E-state index is 12.5. The van der Waals surface area contributed by atoms with Crippen LogP contribution < -0.4 is 10.1 Å². The standard InChI is InChI=1S/C19H21NO4/c1-3-24-16-12-8-7-11-15(16)17(21)20-13-19(2,18(22)23)14-9-5-4-6-10-14/h4-12H,3,13H2,1-2H3,(H,20,21)(H,22,23). The average Bonchev–Trinajstić information content (AvgIpc) is 2.60. The van der Waals surface area contributed by atoms with E-state index in [2.05, 4.69) is 5.32 Å². The van der Waals surface area contributed by atoms with Gasteiger partial charge in [-0.15, -0.1) is 0 Å². The molecule has 0 saturated carbocycles. The lowest BCUT2D eigenvalue weighted by Gasteiger charge is -2.26. The molecule has 0 aliphatic heterocycles. The zero-order chi connectivity index (χ0) is 17.6. The highest BCUT2D eigenvalue weighted by Crippen LogP contribution is 2.24. The van der Waals surface area contributed by atoms with E-state index in [1.54, 1.807) is 55.5 Å². The third-order valence-corrected chi connectivity index (χ3v) is 3.92. The van der Waals surface area contributed by atoms with E-state index in [0.29, 0.717) is 23.5 Å². The number of para-hydroxylation sites is 1. The lowest BCUT2D eigenvalue weighted by Crippen LogP contribution is -2.44. The van der Waals surface area contributed by atoms with Gasteiger partial charge in [0, 0.05) is 6.54 Å². The molecule has 0 aliphatic carbocycles. The van der Waals surface area contributed by atoms with E-state index >= 15 is 0 Å². The Kier molecular flexibility index (Phi) is 5.58. The molecule has 2 aromatic rings. The van der Waals surface area contributed by atoms with Gasteiger partial charge in [-0.2, -0.15) is 0 Å². The minimum Gasteiger partial charge on any atom is -0.493 e. The predicted molar refractivity (Wildman–Crippen MR) is 91.4 cm³/mol. The second-order valence-corrected chi connectivity index (χ2v) is 5.62. The second kappa shape index (κ2) is 7.64. The first-order valence-corrected chi connectivity index (χ1v) is 7.78. The molecule has 1 atom stereocenters. The molecule has 5 heteroatoms. The van der Waals surface area contributed by atoms with Crippen LogP contribution in [-0.4, -0.2) is 30.1 Å². The molecule has 2 N–H and O–H groups in total. The molecule has 0 aromatic heterocycles. The fourth-order valence-electron chi connectivity index (χ4n) is 2.40. The van der Waals surface area contributed by atoms with Crippen molar-refractivity contribution < 1.29 is 19.4 Å². The maximum Gasteiger partial charge on any atom is 0.315 e. The van der Waals surface area contributed by atoms with Gasteiger partial charge in [0.05, 0.1) is 12.2 Å². The lowest BCUT2D eigenvalue weighted by atomic mass is 9.82. The molecule has 24 heavy (non-hydrogen) atoms. The van der Waals surface area contributed by atoms with Gasteiger partial charge >= 0.3 is 5.97 Å². The van der Waals surface area contributed by atoms with Crippen molar-refractivity contribution in [1.82, 2.24) is 5.32 Å². The Morgan fingerprint density at radius 2 is 1.71 bits per heavy atom. The van der Waals surface area contributed by atoms with E-state index < -0.39 is 11.4 Å². The summed E-state index contributed by atoms with van der Waals surface area (Å²) in [6.45, 7) is 3.86. The molecule has 126 valence electrons. The molecule has 1 unspecified atom stereocenters. The van der Waals surface area contributed by atoms with Gasteiger partial charge in [-0.05, 0) is 31.5 Å². The first-order chi connectivity index (χ1) is 11.5. The molecule has 0 radical (unpaired) electrons. The molecule has 0 saturated heterocycles. The summed E-state index contributed by atoms with van der Waals surface area (Å²) in [7, 11) is 0. The van der Waals surface area contributed by atoms with E-state index in [1.165, 1.54) is 0 Å². The van der Waals surface area contributed by atoms with Gasteiger partial charge in [0.15, 0.2) is 0 Å². The van der Waals surface area contributed by atoms with Gasteiger partial charge in [0.2, 0.25) is 0 Å². The molecule has 2 aromatic carbocycles. The number of amides is 1. The van der Waals surface area contributed by atoms with Crippen LogP contribution in [0.2, 0.25) is 0 Å². The summed E-state index contributed by atoms with van der Waals surface area (Å²) in [6.07, 6.45) is 0. The third-order valence-electron chi connectivity index (χ3n) is 3.92. The number of carboxylic acid groups (broad SMARTS) is 1. The predicted octanol–water partition coefficient (Wildman–Crippen LogP) is 2.86. The number of carbonyl (C=O) groups excluding carboxylic acids is 1. The third kappa shape index (κ3) is 3.74. The van der Waals surface area contributed by atoms with Crippen LogP contribution in [0.4, 0.5) is 0 Å². The summed E-state index contributed by atoms with van der Waals surface area (Å²) in [5, 5.41) is 12.4. The van der Waals surface area contributed by atoms with Crippen LogP contribution in [0, 0.1) is 0 Å². The molecule has 0 bridgehead atoms. The van der Waals surface area contributed by atoms with E-state index in [4.69, 9.17) is 4.74 Å². The highest BCUT2D eigenvalue weighted by molar-refractivity contribution is 5.97. The Morgan fingerprint density at radius 1 is 1.08 bits per heavy atom. The zero-order valence-electron chi connectivity index (χ0n) is 13.8. The fraction of sp³-hybridized carbons (Fsp3) is 0.263. The molecule has 0 heterocycles. The van der Waals surface area contributed by atoms with Crippen LogP contribution in [0.3, 0.4) is 0 Å². The average molecular weight is 327 g/mol. The second-order valence-electron chi connectivity index (χ2n) is 5.62. The Hall–Kier alpha value is -2.82. The van der Waals surface area contributed by atoms with Crippen molar-refractivity contribution in [3.63, 3.8) is 0 Å². The molecule has 1 amide bonds. The van der Waals surface area contributed by atoms with E-state index in [1.807, 2.05) is 13.0 Å². The highest BCUT2D eigenvalue weighted by Gasteiger charge is 2.35.